The molecule has 2 aliphatic rings. The molecule has 0 spiro atoms. The average molecular weight is 520 g/mol. The van der Waals surface area contributed by atoms with Gasteiger partial charge in [0, 0.05) is 38.4 Å². The Morgan fingerprint density at radius 2 is 1.76 bits per heavy atom. The third-order valence-electron chi connectivity index (χ3n) is 5.59. The molecule has 1 aromatic heterocycles. The fourth-order valence-corrected chi connectivity index (χ4v) is 5.39. The minimum atomic E-state index is -4.57. The number of carbonyl (C=O) groups is 1. The first-order valence-corrected chi connectivity index (χ1v) is 12.1. The molecule has 1 unspecified atom stereocenters. The predicted molar refractivity (Wildman–Crippen MR) is 118 cm³/mol. The van der Waals surface area contributed by atoms with Gasteiger partial charge in [-0.2, -0.15) is 17.5 Å². The van der Waals surface area contributed by atoms with Crippen molar-refractivity contribution in [2.45, 2.75) is 17.2 Å². The van der Waals surface area contributed by atoms with E-state index < -0.39 is 34.0 Å². The number of pyridine rings is 1. The van der Waals surface area contributed by atoms with Crippen molar-refractivity contribution in [3.63, 3.8) is 0 Å². The summed E-state index contributed by atoms with van der Waals surface area (Å²) in [4.78, 5) is 18.9. The van der Waals surface area contributed by atoms with E-state index in [4.69, 9.17) is 22.1 Å². The number of sulfonamides is 1. The molecule has 0 radical (unpaired) electrons. The first kappa shape index (κ1) is 24.5. The fraction of sp³-hybridized carbons (Fsp3) is 0.400. The van der Waals surface area contributed by atoms with Crippen LogP contribution in [0.15, 0.2) is 41.3 Å². The highest BCUT2D eigenvalue weighted by Gasteiger charge is 2.34. The third kappa shape index (κ3) is 4.92. The maximum atomic E-state index is 13.1. The normalized spacial score (nSPS) is 20.0. The SMILES string of the molecule is NCC1CN(c2ccc(S(=O)(=O)N3CCN(c4cc(C(F)(F)F)cc(Cl)n4)CC3)cc2)C(=O)O1. The van der Waals surface area contributed by atoms with Crippen molar-refractivity contribution in [2.24, 2.45) is 5.73 Å². The van der Waals surface area contributed by atoms with E-state index in [0.29, 0.717) is 5.69 Å². The predicted octanol–water partition coefficient (Wildman–Crippen LogP) is 2.55. The Hall–Kier alpha value is -2.61. The van der Waals surface area contributed by atoms with Crippen molar-refractivity contribution in [3.05, 3.63) is 47.1 Å². The zero-order valence-electron chi connectivity index (χ0n) is 17.7. The van der Waals surface area contributed by atoms with Crippen molar-refractivity contribution >= 4 is 39.2 Å². The first-order valence-electron chi connectivity index (χ1n) is 10.3. The van der Waals surface area contributed by atoms with Crippen molar-refractivity contribution < 1.29 is 31.1 Å². The minimum absolute atomic E-state index is 0.0351. The highest BCUT2D eigenvalue weighted by molar-refractivity contribution is 7.89. The number of hydrogen-bond donors (Lipinski definition) is 1. The Labute approximate surface area is 198 Å². The summed E-state index contributed by atoms with van der Waals surface area (Å²) in [5, 5.41) is -0.292. The maximum Gasteiger partial charge on any atom is 0.416 e. The van der Waals surface area contributed by atoms with Crippen LogP contribution in [-0.2, 0) is 20.9 Å². The second-order valence-electron chi connectivity index (χ2n) is 7.77. The quantitative estimate of drug-likeness (QED) is 0.605. The molecule has 184 valence electrons. The second-order valence-corrected chi connectivity index (χ2v) is 10.1. The van der Waals surface area contributed by atoms with Crippen molar-refractivity contribution in [1.29, 1.82) is 0 Å². The number of halogens is 4. The van der Waals surface area contributed by atoms with Gasteiger partial charge in [0.25, 0.3) is 0 Å². The van der Waals surface area contributed by atoms with Gasteiger partial charge in [0.2, 0.25) is 10.0 Å². The summed E-state index contributed by atoms with van der Waals surface area (Å²) in [5.74, 6) is 0.0366. The fourth-order valence-electron chi connectivity index (χ4n) is 3.77. The Balaban J connectivity index is 1.44. The number of rotatable bonds is 5. The lowest BCUT2D eigenvalue weighted by molar-refractivity contribution is -0.137. The Bertz CT molecular complexity index is 1170. The molecule has 0 bridgehead atoms. The second kappa shape index (κ2) is 9.21. The monoisotopic (exact) mass is 519 g/mol. The highest BCUT2D eigenvalue weighted by Crippen LogP contribution is 2.33. The topological polar surface area (TPSA) is 109 Å². The molecule has 3 heterocycles. The van der Waals surface area contributed by atoms with Gasteiger partial charge in [0.1, 0.15) is 17.1 Å². The molecule has 9 nitrogen and oxygen atoms in total. The van der Waals surface area contributed by atoms with Crippen LogP contribution in [0.25, 0.3) is 0 Å². The molecule has 1 atom stereocenters. The van der Waals surface area contributed by atoms with Gasteiger partial charge in [-0.05, 0) is 36.4 Å². The summed E-state index contributed by atoms with van der Waals surface area (Å²) < 4.78 is 71.7. The lowest BCUT2D eigenvalue weighted by Crippen LogP contribution is -2.49. The van der Waals surface area contributed by atoms with Gasteiger partial charge >= 0.3 is 12.3 Å². The number of ether oxygens (including phenoxy) is 1. The summed E-state index contributed by atoms with van der Waals surface area (Å²) in [6.45, 7) is 0.844. The summed E-state index contributed by atoms with van der Waals surface area (Å²) in [7, 11) is -3.85. The van der Waals surface area contributed by atoms with Gasteiger partial charge in [-0.25, -0.2) is 18.2 Å². The number of alkyl halides is 3. The van der Waals surface area contributed by atoms with Crippen molar-refractivity contribution in [1.82, 2.24) is 9.29 Å². The Kier molecular flexibility index (Phi) is 6.64. The third-order valence-corrected chi connectivity index (χ3v) is 7.70. The molecule has 2 aliphatic heterocycles. The van der Waals surface area contributed by atoms with Crippen LogP contribution in [0.2, 0.25) is 5.15 Å². The molecular weight excluding hydrogens is 499 g/mol. The standard InChI is InChI=1S/C20H21ClF3N5O4S/c21-17-9-13(20(22,23)24)10-18(26-17)27-5-7-28(8-6-27)34(31,32)16-3-1-14(2-4-16)29-12-15(11-25)33-19(29)30/h1-4,9-10,15H,5-8,11-12,25H2. The van der Waals surface area contributed by atoms with E-state index >= 15 is 0 Å². The molecule has 4 rings (SSSR count). The molecule has 0 saturated carbocycles. The number of aromatic nitrogens is 1. The lowest BCUT2D eigenvalue weighted by Gasteiger charge is -2.35. The molecule has 0 aliphatic carbocycles. The van der Waals surface area contributed by atoms with Crippen molar-refractivity contribution in [3.8, 4) is 0 Å². The number of nitrogens with zero attached hydrogens (tertiary/aromatic N) is 4. The van der Waals surface area contributed by atoms with E-state index in [-0.39, 0.29) is 55.1 Å². The molecule has 2 saturated heterocycles. The van der Waals surface area contributed by atoms with Gasteiger partial charge < -0.3 is 15.4 Å². The molecular formula is C20H21ClF3N5O4S. The Morgan fingerprint density at radius 3 is 2.32 bits per heavy atom. The summed E-state index contributed by atoms with van der Waals surface area (Å²) in [6, 6.07) is 7.46. The molecule has 1 aromatic carbocycles. The number of hydrogen-bond acceptors (Lipinski definition) is 7. The maximum absolute atomic E-state index is 13.1. The first-order chi connectivity index (χ1) is 16.0. The Morgan fingerprint density at radius 1 is 1.12 bits per heavy atom. The van der Waals surface area contributed by atoms with Crippen LogP contribution >= 0.6 is 11.6 Å². The number of carbonyl (C=O) groups excluding carboxylic acids is 1. The van der Waals surface area contributed by atoms with Gasteiger partial charge in [0.15, 0.2) is 0 Å². The van der Waals surface area contributed by atoms with E-state index in [1.165, 1.54) is 33.5 Å². The zero-order chi connectivity index (χ0) is 24.7. The molecule has 2 aromatic rings. The summed E-state index contributed by atoms with van der Waals surface area (Å²) >= 11 is 5.76. The molecule has 34 heavy (non-hydrogen) atoms. The van der Waals surface area contributed by atoms with Crippen LogP contribution in [0, 0.1) is 0 Å². The van der Waals surface area contributed by atoms with Gasteiger partial charge in [-0.1, -0.05) is 11.6 Å². The van der Waals surface area contributed by atoms with Gasteiger partial charge in [0.05, 0.1) is 17.0 Å². The molecule has 14 heteroatoms. The summed E-state index contributed by atoms with van der Waals surface area (Å²) in [6.07, 6.45) is -5.55. The number of nitrogens with two attached hydrogens (primary N) is 1. The largest absolute Gasteiger partial charge is 0.443 e. The van der Waals surface area contributed by atoms with Crippen LogP contribution in [0.5, 0.6) is 0 Å². The average Bonchev–Trinajstić information content (AvgIpc) is 3.19. The van der Waals surface area contributed by atoms with Gasteiger partial charge in [-0.15, -0.1) is 0 Å². The van der Waals surface area contributed by atoms with Crippen LogP contribution in [0.1, 0.15) is 5.56 Å². The zero-order valence-corrected chi connectivity index (χ0v) is 19.3. The number of piperazine rings is 1. The lowest BCUT2D eigenvalue weighted by atomic mass is 10.2. The summed E-state index contributed by atoms with van der Waals surface area (Å²) in [5.41, 5.74) is 5.09. The molecule has 2 N–H and O–H groups in total. The van der Waals surface area contributed by atoms with Gasteiger partial charge in [-0.3, -0.25) is 4.90 Å². The number of amides is 1. The van der Waals surface area contributed by atoms with Crippen LogP contribution in [0.4, 0.5) is 29.5 Å². The van der Waals surface area contributed by atoms with E-state index in [1.807, 2.05) is 0 Å². The number of benzene rings is 1. The van der Waals surface area contributed by atoms with E-state index in [1.54, 1.807) is 4.90 Å². The number of cyclic esters (lactones) is 1. The number of anilines is 2. The molecule has 2 fully saturated rings. The van der Waals surface area contributed by atoms with E-state index in [9.17, 15) is 26.4 Å². The minimum Gasteiger partial charge on any atom is -0.443 e. The van der Waals surface area contributed by atoms with E-state index in [2.05, 4.69) is 4.98 Å². The van der Waals surface area contributed by atoms with Crippen LogP contribution in [0.3, 0.4) is 0 Å². The molecule has 1 amide bonds. The highest BCUT2D eigenvalue weighted by atomic mass is 35.5. The van der Waals surface area contributed by atoms with Crippen LogP contribution < -0.4 is 15.5 Å². The smallest absolute Gasteiger partial charge is 0.416 e. The van der Waals surface area contributed by atoms with Crippen molar-refractivity contribution in [2.75, 3.05) is 49.1 Å². The van der Waals surface area contributed by atoms with Crippen LogP contribution in [-0.4, -0.2) is 69.2 Å². The van der Waals surface area contributed by atoms with E-state index in [0.717, 1.165) is 12.1 Å².